The summed E-state index contributed by atoms with van der Waals surface area (Å²) in [5.74, 6) is 0.431. The van der Waals surface area contributed by atoms with Crippen LogP contribution in [0.4, 0.5) is 5.13 Å². The summed E-state index contributed by atoms with van der Waals surface area (Å²) < 4.78 is 5.03. The Bertz CT molecular complexity index is 635. The zero-order valence-corrected chi connectivity index (χ0v) is 11.8. The molecule has 20 heavy (non-hydrogen) atoms. The van der Waals surface area contributed by atoms with Crippen LogP contribution in [0, 0.1) is 0 Å². The Morgan fingerprint density at radius 3 is 2.70 bits per heavy atom. The summed E-state index contributed by atoms with van der Waals surface area (Å²) in [4.78, 5) is 16.1. The lowest BCUT2D eigenvalue weighted by Crippen LogP contribution is -2.11. The summed E-state index contributed by atoms with van der Waals surface area (Å²) in [6, 6.07) is 6.77. The van der Waals surface area contributed by atoms with E-state index in [4.69, 9.17) is 9.94 Å². The van der Waals surface area contributed by atoms with Gasteiger partial charge in [-0.05, 0) is 31.2 Å². The Labute approximate surface area is 119 Å². The van der Waals surface area contributed by atoms with E-state index in [0.29, 0.717) is 27.9 Å². The quantitative estimate of drug-likeness (QED) is 0.515. The second-order valence-electron chi connectivity index (χ2n) is 3.91. The molecule has 7 heteroatoms. The van der Waals surface area contributed by atoms with Crippen molar-refractivity contribution in [2.24, 2.45) is 5.16 Å². The van der Waals surface area contributed by atoms with E-state index in [1.165, 1.54) is 11.3 Å². The van der Waals surface area contributed by atoms with Gasteiger partial charge in [-0.25, -0.2) is 4.98 Å². The van der Waals surface area contributed by atoms with Crippen LogP contribution in [0.2, 0.25) is 0 Å². The average Bonchev–Trinajstić information content (AvgIpc) is 2.95. The van der Waals surface area contributed by atoms with Crippen molar-refractivity contribution in [3.63, 3.8) is 0 Å². The molecule has 1 aromatic heterocycles. The van der Waals surface area contributed by atoms with Crippen LogP contribution in [-0.2, 0) is 0 Å². The number of carbonyl (C=O) groups excluding carboxylic acids is 1. The molecular formula is C13H13N3O3S. The van der Waals surface area contributed by atoms with E-state index in [1.807, 2.05) is 0 Å². The third-order valence-corrected chi connectivity index (χ3v) is 3.36. The number of nitrogens with one attached hydrogen (secondary N) is 1. The molecule has 1 amide bonds. The van der Waals surface area contributed by atoms with Gasteiger partial charge in [-0.2, -0.15) is 0 Å². The Hall–Kier alpha value is -2.41. The van der Waals surface area contributed by atoms with E-state index in [2.05, 4.69) is 15.5 Å². The highest BCUT2D eigenvalue weighted by Gasteiger charge is 2.10. The maximum Gasteiger partial charge on any atom is 0.257 e. The molecule has 6 nitrogen and oxygen atoms in total. The zero-order valence-electron chi connectivity index (χ0n) is 11.0. The Morgan fingerprint density at radius 2 is 2.10 bits per heavy atom. The van der Waals surface area contributed by atoms with Crippen molar-refractivity contribution < 1.29 is 14.7 Å². The molecule has 0 aliphatic rings. The summed E-state index contributed by atoms with van der Waals surface area (Å²) in [6.07, 6.45) is 0. The fourth-order valence-electron chi connectivity index (χ4n) is 1.46. The van der Waals surface area contributed by atoms with E-state index in [-0.39, 0.29) is 5.91 Å². The van der Waals surface area contributed by atoms with Crippen molar-refractivity contribution in [3.05, 3.63) is 40.9 Å². The van der Waals surface area contributed by atoms with Crippen molar-refractivity contribution in [2.75, 3.05) is 12.4 Å². The first-order chi connectivity index (χ1) is 9.63. The van der Waals surface area contributed by atoms with Crippen LogP contribution in [0.1, 0.15) is 23.0 Å². The number of oxime groups is 1. The van der Waals surface area contributed by atoms with E-state index < -0.39 is 0 Å². The second kappa shape index (κ2) is 6.16. The predicted molar refractivity (Wildman–Crippen MR) is 77.1 cm³/mol. The molecule has 0 saturated carbocycles. The minimum absolute atomic E-state index is 0.257. The van der Waals surface area contributed by atoms with E-state index >= 15 is 0 Å². The normalized spacial score (nSPS) is 11.2. The number of ether oxygens (including phenoxy) is 1. The van der Waals surface area contributed by atoms with Crippen molar-refractivity contribution in [1.82, 2.24) is 4.98 Å². The molecule has 2 aromatic rings. The third kappa shape index (κ3) is 3.12. The Kier molecular flexibility index (Phi) is 4.31. The number of amides is 1. The minimum atomic E-state index is -0.257. The minimum Gasteiger partial charge on any atom is -0.497 e. The molecule has 104 valence electrons. The number of thiazole rings is 1. The first kappa shape index (κ1) is 14.0. The monoisotopic (exact) mass is 291 g/mol. The van der Waals surface area contributed by atoms with Gasteiger partial charge in [0, 0.05) is 10.9 Å². The molecule has 1 heterocycles. The molecule has 2 rings (SSSR count). The van der Waals surface area contributed by atoms with Crippen LogP contribution in [0.5, 0.6) is 5.75 Å². The maximum atomic E-state index is 12.0. The van der Waals surface area contributed by atoms with Gasteiger partial charge in [0.05, 0.1) is 7.11 Å². The molecule has 0 aliphatic carbocycles. The molecule has 0 radical (unpaired) electrons. The topological polar surface area (TPSA) is 83.8 Å². The molecule has 0 bridgehead atoms. The van der Waals surface area contributed by atoms with Gasteiger partial charge in [-0.1, -0.05) is 5.16 Å². The summed E-state index contributed by atoms with van der Waals surface area (Å²) in [5, 5.41) is 16.6. The highest BCUT2D eigenvalue weighted by atomic mass is 32.1. The van der Waals surface area contributed by atoms with Gasteiger partial charge in [-0.3, -0.25) is 10.1 Å². The number of rotatable bonds is 4. The largest absolute Gasteiger partial charge is 0.497 e. The molecule has 0 fully saturated rings. The molecule has 1 aromatic carbocycles. The van der Waals surface area contributed by atoms with Crippen LogP contribution in [0.15, 0.2) is 34.8 Å². The second-order valence-corrected chi connectivity index (χ2v) is 4.76. The first-order valence-electron chi connectivity index (χ1n) is 5.74. The van der Waals surface area contributed by atoms with Crippen LogP contribution < -0.4 is 10.1 Å². The number of methoxy groups -OCH3 is 1. The SMILES string of the molecule is COc1ccc(C(=O)Nc2nc(C(C)=NO)cs2)cc1. The van der Waals surface area contributed by atoms with Gasteiger partial charge in [-0.15, -0.1) is 11.3 Å². The molecule has 0 aliphatic heterocycles. The van der Waals surface area contributed by atoms with Crippen molar-refractivity contribution in [2.45, 2.75) is 6.92 Å². The van der Waals surface area contributed by atoms with Gasteiger partial charge in [0.25, 0.3) is 5.91 Å². The number of hydrogen-bond donors (Lipinski definition) is 2. The smallest absolute Gasteiger partial charge is 0.257 e. The standard InChI is InChI=1S/C13H13N3O3S/c1-8(16-18)11-7-20-13(14-11)15-12(17)9-3-5-10(19-2)6-4-9/h3-7,18H,1-2H3,(H,14,15,17). The summed E-state index contributed by atoms with van der Waals surface area (Å²) in [7, 11) is 1.57. The molecule has 0 spiro atoms. The van der Waals surface area contributed by atoms with Gasteiger partial charge < -0.3 is 9.94 Å². The molecule has 0 atom stereocenters. The summed E-state index contributed by atoms with van der Waals surface area (Å²) in [5.41, 5.74) is 1.43. The maximum absolute atomic E-state index is 12.0. The van der Waals surface area contributed by atoms with Gasteiger partial charge in [0.2, 0.25) is 0 Å². The molecule has 0 saturated heterocycles. The van der Waals surface area contributed by atoms with Gasteiger partial charge >= 0.3 is 0 Å². The van der Waals surface area contributed by atoms with Crippen LogP contribution in [0.3, 0.4) is 0 Å². The summed E-state index contributed by atoms with van der Waals surface area (Å²) in [6.45, 7) is 1.63. The molecule has 2 N–H and O–H groups in total. The van der Waals surface area contributed by atoms with Crippen LogP contribution >= 0.6 is 11.3 Å². The lowest BCUT2D eigenvalue weighted by atomic mass is 10.2. The number of benzene rings is 1. The van der Waals surface area contributed by atoms with Gasteiger partial charge in [0.15, 0.2) is 5.13 Å². The van der Waals surface area contributed by atoms with Crippen LogP contribution in [0.25, 0.3) is 0 Å². The Morgan fingerprint density at radius 1 is 1.40 bits per heavy atom. The highest BCUT2D eigenvalue weighted by molar-refractivity contribution is 7.14. The first-order valence-corrected chi connectivity index (χ1v) is 6.62. The zero-order chi connectivity index (χ0) is 14.5. The number of hydrogen-bond acceptors (Lipinski definition) is 6. The van der Waals surface area contributed by atoms with Gasteiger partial charge in [0.1, 0.15) is 17.2 Å². The number of anilines is 1. The van der Waals surface area contributed by atoms with Crippen LogP contribution in [-0.4, -0.2) is 28.9 Å². The Balaban J connectivity index is 2.09. The fraction of sp³-hybridized carbons (Fsp3) is 0.154. The van der Waals surface area contributed by atoms with E-state index in [9.17, 15) is 4.79 Å². The molecular weight excluding hydrogens is 278 g/mol. The van der Waals surface area contributed by atoms with E-state index in [0.717, 1.165) is 0 Å². The lowest BCUT2D eigenvalue weighted by Gasteiger charge is -2.03. The number of carbonyl (C=O) groups is 1. The number of nitrogens with zero attached hydrogens (tertiary/aromatic N) is 2. The lowest BCUT2D eigenvalue weighted by molar-refractivity contribution is 0.102. The van der Waals surface area contributed by atoms with E-state index in [1.54, 1.807) is 43.7 Å². The number of aromatic nitrogens is 1. The summed E-state index contributed by atoms with van der Waals surface area (Å²) >= 11 is 1.26. The average molecular weight is 291 g/mol. The third-order valence-electron chi connectivity index (χ3n) is 2.60. The van der Waals surface area contributed by atoms with Crippen molar-refractivity contribution in [1.29, 1.82) is 0 Å². The van der Waals surface area contributed by atoms with Crippen molar-refractivity contribution >= 4 is 28.1 Å². The fourth-order valence-corrected chi connectivity index (χ4v) is 2.21. The highest BCUT2D eigenvalue weighted by Crippen LogP contribution is 2.18. The predicted octanol–water partition coefficient (Wildman–Crippen LogP) is 2.60. The molecule has 0 unspecified atom stereocenters. The van der Waals surface area contributed by atoms with Crippen molar-refractivity contribution in [3.8, 4) is 5.75 Å².